The first-order chi connectivity index (χ1) is 11.5. The molecule has 24 heavy (non-hydrogen) atoms. The number of ether oxygens (including phenoxy) is 3. The minimum Gasteiger partial charge on any atom is -0.477 e. The average molecular weight is 336 g/mol. The third kappa shape index (κ3) is 3.66. The summed E-state index contributed by atoms with van der Waals surface area (Å²) in [6, 6.07) is 2.61. The van der Waals surface area contributed by atoms with Crippen LogP contribution in [0.1, 0.15) is 5.56 Å². The molecule has 10 heteroatoms. The van der Waals surface area contributed by atoms with E-state index >= 15 is 0 Å². The van der Waals surface area contributed by atoms with Gasteiger partial charge in [0.25, 0.3) is 17.4 Å². The first-order valence-electron chi connectivity index (χ1n) is 6.82. The number of rotatable bonds is 7. The molecule has 1 N–H and O–H groups in total. The number of methoxy groups -OCH3 is 3. The number of non-ortho nitro benzene ring substituents is 1. The summed E-state index contributed by atoms with van der Waals surface area (Å²) in [5.41, 5.74) is 0.894. The number of carbonyl (C=O) groups excluding carboxylic acids is 1. The van der Waals surface area contributed by atoms with Crippen LogP contribution in [0.3, 0.4) is 0 Å². The highest BCUT2D eigenvalue weighted by atomic mass is 16.6. The standard InChI is InChI=1S/C14H16N4O6/c1-22-7-11(19)15-6-8-4-9(18(20)21)5-10-12(8)17-14(24-3)13(16-10)23-2/h4-5H,6-7H2,1-3H3,(H,15,19). The fourth-order valence-corrected chi connectivity index (χ4v) is 2.06. The van der Waals surface area contributed by atoms with Gasteiger partial charge in [-0.3, -0.25) is 14.9 Å². The van der Waals surface area contributed by atoms with Gasteiger partial charge in [0.05, 0.1) is 24.7 Å². The lowest BCUT2D eigenvalue weighted by Gasteiger charge is -2.11. The summed E-state index contributed by atoms with van der Waals surface area (Å²) >= 11 is 0. The predicted octanol–water partition coefficient (Wildman–Crippen LogP) is 0.818. The van der Waals surface area contributed by atoms with Crippen molar-refractivity contribution in [1.82, 2.24) is 15.3 Å². The van der Waals surface area contributed by atoms with Crippen LogP contribution in [-0.4, -0.2) is 48.7 Å². The quantitative estimate of drug-likeness (QED) is 0.582. The van der Waals surface area contributed by atoms with E-state index in [1.807, 2.05) is 0 Å². The molecule has 2 aromatic rings. The Hall–Kier alpha value is -3.01. The highest BCUT2D eigenvalue weighted by Gasteiger charge is 2.18. The molecule has 10 nitrogen and oxygen atoms in total. The molecular weight excluding hydrogens is 320 g/mol. The molecule has 0 saturated heterocycles. The van der Waals surface area contributed by atoms with Crippen LogP contribution in [0.2, 0.25) is 0 Å². The van der Waals surface area contributed by atoms with E-state index < -0.39 is 4.92 Å². The number of hydrogen-bond donors (Lipinski definition) is 1. The molecule has 0 saturated carbocycles. The molecule has 1 amide bonds. The van der Waals surface area contributed by atoms with E-state index in [-0.39, 0.29) is 42.0 Å². The second kappa shape index (κ2) is 7.51. The molecule has 128 valence electrons. The van der Waals surface area contributed by atoms with E-state index in [0.29, 0.717) is 11.1 Å². The van der Waals surface area contributed by atoms with Crippen molar-refractivity contribution in [1.29, 1.82) is 0 Å². The van der Waals surface area contributed by atoms with Crippen molar-refractivity contribution in [3.8, 4) is 11.8 Å². The summed E-state index contributed by atoms with van der Waals surface area (Å²) in [6.45, 7) is -0.0831. The molecule has 0 radical (unpaired) electrons. The molecule has 0 atom stereocenters. The number of fused-ring (bicyclic) bond motifs is 1. The fourth-order valence-electron chi connectivity index (χ4n) is 2.06. The maximum absolute atomic E-state index is 11.5. The van der Waals surface area contributed by atoms with Gasteiger partial charge in [-0.05, 0) is 0 Å². The summed E-state index contributed by atoms with van der Waals surface area (Å²) < 4.78 is 14.9. The number of nitrogens with zero attached hydrogens (tertiary/aromatic N) is 3. The number of aromatic nitrogens is 2. The van der Waals surface area contributed by atoms with Crippen LogP contribution in [-0.2, 0) is 16.1 Å². The Bertz CT molecular complexity index is 779. The molecule has 2 rings (SSSR count). The van der Waals surface area contributed by atoms with Crippen molar-refractivity contribution < 1.29 is 23.9 Å². The summed E-state index contributed by atoms with van der Waals surface area (Å²) in [5, 5.41) is 13.7. The van der Waals surface area contributed by atoms with E-state index in [0.717, 1.165) is 0 Å². The number of nitro groups is 1. The number of nitro benzene ring substituents is 1. The molecule has 0 aliphatic heterocycles. The van der Waals surface area contributed by atoms with Crippen LogP contribution in [0, 0.1) is 10.1 Å². The monoisotopic (exact) mass is 336 g/mol. The topological polar surface area (TPSA) is 126 Å². The summed E-state index contributed by atoms with van der Waals surface area (Å²) in [5.74, 6) is -0.103. The van der Waals surface area contributed by atoms with Crippen molar-refractivity contribution in [2.75, 3.05) is 27.9 Å². The zero-order chi connectivity index (χ0) is 17.7. The largest absolute Gasteiger partial charge is 0.477 e. The van der Waals surface area contributed by atoms with E-state index in [1.54, 1.807) is 0 Å². The van der Waals surface area contributed by atoms with Gasteiger partial charge < -0.3 is 19.5 Å². The molecule has 0 aliphatic rings. The molecular formula is C14H16N4O6. The number of carbonyl (C=O) groups is 1. The predicted molar refractivity (Wildman–Crippen MR) is 83.0 cm³/mol. The molecule has 1 aromatic heterocycles. The lowest BCUT2D eigenvalue weighted by Crippen LogP contribution is -2.26. The van der Waals surface area contributed by atoms with Crippen molar-refractivity contribution in [2.24, 2.45) is 0 Å². The Kier molecular flexibility index (Phi) is 5.42. The van der Waals surface area contributed by atoms with Gasteiger partial charge in [0.1, 0.15) is 12.1 Å². The van der Waals surface area contributed by atoms with Crippen LogP contribution >= 0.6 is 0 Å². The van der Waals surface area contributed by atoms with Crippen LogP contribution in [0.4, 0.5) is 5.69 Å². The molecule has 0 spiro atoms. The molecule has 0 fully saturated rings. The lowest BCUT2D eigenvalue weighted by molar-refractivity contribution is -0.384. The number of hydrogen-bond acceptors (Lipinski definition) is 8. The second-order valence-corrected chi connectivity index (χ2v) is 4.68. The summed E-state index contributed by atoms with van der Waals surface area (Å²) in [6.07, 6.45) is 0. The molecule has 1 heterocycles. The smallest absolute Gasteiger partial charge is 0.278 e. The summed E-state index contributed by atoms with van der Waals surface area (Å²) in [4.78, 5) is 30.6. The Labute approximate surface area is 136 Å². The molecule has 1 aromatic carbocycles. The minimum absolute atomic E-state index is 0.0323. The first-order valence-corrected chi connectivity index (χ1v) is 6.82. The van der Waals surface area contributed by atoms with Gasteiger partial charge in [-0.15, -0.1) is 0 Å². The zero-order valence-corrected chi connectivity index (χ0v) is 13.4. The van der Waals surface area contributed by atoms with Crippen molar-refractivity contribution >= 4 is 22.6 Å². The number of amides is 1. The Morgan fingerprint density at radius 1 is 1.21 bits per heavy atom. The van der Waals surface area contributed by atoms with Crippen molar-refractivity contribution in [3.63, 3.8) is 0 Å². The highest BCUT2D eigenvalue weighted by molar-refractivity contribution is 5.83. The third-order valence-electron chi connectivity index (χ3n) is 3.12. The van der Waals surface area contributed by atoms with Gasteiger partial charge in [-0.2, -0.15) is 0 Å². The first kappa shape index (κ1) is 17.3. The third-order valence-corrected chi connectivity index (χ3v) is 3.12. The van der Waals surface area contributed by atoms with Gasteiger partial charge in [-0.25, -0.2) is 9.97 Å². The highest BCUT2D eigenvalue weighted by Crippen LogP contribution is 2.29. The molecule has 0 aliphatic carbocycles. The van der Waals surface area contributed by atoms with Crippen molar-refractivity contribution in [3.05, 3.63) is 27.8 Å². The Morgan fingerprint density at radius 2 is 1.88 bits per heavy atom. The van der Waals surface area contributed by atoms with E-state index in [1.165, 1.54) is 33.5 Å². The maximum atomic E-state index is 11.5. The Balaban J connectivity index is 2.53. The van der Waals surface area contributed by atoms with E-state index in [4.69, 9.17) is 14.2 Å². The SMILES string of the molecule is COCC(=O)NCc1cc([N+](=O)[O-])cc2nc(OC)c(OC)nc12. The van der Waals surface area contributed by atoms with Gasteiger partial charge in [0.2, 0.25) is 5.91 Å². The lowest BCUT2D eigenvalue weighted by atomic mass is 10.1. The average Bonchev–Trinajstić information content (AvgIpc) is 2.58. The second-order valence-electron chi connectivity index (χ2n) is 4.68. The van der Waals surface area contributed by atoms with Gasteiger partial charge in [0.15, 0.2) is 0 Å². The zero-order valence-electron chi connectivity index (χ0n) is 13.4. The van der Waals surface area contributed by atoms with Crippen LogP contribution < -0.4 is 14.8 Å². The van der Waals surface area contributed by atoms with Gasteiger partial charge in [-0.1, -0.05) is 0 Å². The van der Waals surface area contributed by atoms with Gasteiger partial charge >= 0.3 is 0 Å². The van der Waals surface area contributed by atoms with E-state index in [9.17, 15) is 14.9 Å². The Morgan fingerprint density at radius 3 is 2.46 bits per heavy atom. The van der Waals surface area contributed by atoms with Crippen LogP contribution in [0.5, 0.6) is 11.8 Å². The molecule has 0 unspecified atom stereocenters. The van der Waals surface area contributed by atoms with Crippen LogP contribution in [0.25, 0.3) is 11.0 Å². The fraction of sp³-hybridized carbons (Fsp3) is 0.357. The number of benzene rings is 1. The number of nitrogens with one attached hydrogen (secondary N) is 1. The molecule has 0 bridgehead atoms. The summed E-state index contributed by atoms with van der Waals surface area (Å²) in [7, 11) is 4.19. The minimum atomic E-state index is -0.543. The van der Waals surface area contributed by atoms with Gasteiger partial charge in [0, 0.05) is 31.4 Å². The van der Waals surface area contributed by atoms with Crippen molar-refractivity contribution in [2.45, 2.75) is 6.54 Å². The van der Waals surface area contributed by atoms with E-state index in [2.05, 4.69) is 15.3 Å². The normalized spacial score (nSPS) is 10.5. The van der Waals surface area contributed by atoms with Crippen LogP contribution in [0.15, 0.2) is 12.1 Å². The maximum Gasteiger partial charge on any atom is 0.278 e.